The lowest BCUT2D eigenvalue weighted by atomic mass is 9.92. The Hall–Kier alpha value is -1.96. The molecule has 1 unspecified atom stereocenters. The first-order valence-electron chi connectivity index (χ1n) is 5.25. The van der Waals surface area contributed by atoms with E-state index in [0.717, 1.165) is 11.1 Å². The van der Waals surface area contributed by atoms with Crippen LogP contribution in [0.4, 0.5) is 0 Å². The minimum Gasteiger partial charge on any atom is -0.508 e. The average molecular weight is 230 g/mol. The molecule has 0 bridgehead atoms. The molecule has 0 radical (unpaired) electrons. The lowest BCUT2D eigenvalue weighted by Crippen LogP contribution is -1.95. The van der Waals surface area contributed by atoms with Crippen LogP contribution in [-0.2, 0) is 0 Å². The van der Waals surface area contributed by atoms with E-state index in [2.05, 4.69) is 0 Å². The van der Waals surface area contributed by atoms with Crippen LogP contribution in [0.2, 0.25) is 0 Å². The maximum atomic E-state index is 9.76. The number of benzene rings is 2. The molecule has 2 heteroatoms. The quantitative estimate of drug-likeness (QED) is 0.768. The highest BCUT2D eigenvalue weighted by Gasteiger charge is 2.12. The van der Waals surface area contributed by atoms with Crippen molar-refractivity contribution in [3.63, 3.8) is 0 Å². The van der Waals surface area contributed by atoms with Crippen molar-refractivity contribution in [2.24, 2.45) is 0 Å². The molecule has 17 heavy (non-hydrogen) atoms. The SMILES string of the molecule is C.CC(c1ccccc1)c1cc(O)ccc1O. The van der Waals surface area contributed by atoms with Crippen LogP contribution in [0.1, 0.15) is 31.4 Å². The van der Waals surface area contributed by atoms with Gasteiger partial charge in [0.25, 0.3) is 0 Å². The summed E-state index contributed by atoms with van der Waals surface area (Å²) in [5.41, 5.74) is 1.86. The third-order valence-corrected chi connectivity index (χ3v) is 2.78. The van der Waals surface area contributed by atoms with E-state index in [1.807, 2.05) is 37.3 Å². The molecule has 2 nitrogen and oxygen atoms in total. The number of phenols is 2. The van der Waals surface area contributed by atoms with Crippen molar-refractivity contribution in [3.05, 3.63) is 59.7 Å². The summed E-state index contributed by atoms with van der Waals surface area (Å²) < 4.78 is 0. The van der Waals surface area contributed by atoms with Gasteiger partial charge in [-0.25, -0.2) is 0 Å². The Morgan fingerprint density at radius 1 is 0.941 bits per heavy atom. The Morgan fingerprint density at radius 3 is 2.24 bits per heavy atom. The lowest BCUT2D eigenvalue weighted by Gasteiger charge is -2.14. The van der Waals surface area contributed by atoms with Crippen LogP contribution in [0.25, 0.3) is 0 Å². The van der Waals surface area contributed by atoms with Crippen LogP contribution in [-0.4, -0.2) is 10.2 Å². The van der Waals surface area contributed by atoms with Gasteiger partial charge in [0.1, 0.15) is 11.5 Å². The Kier molecular flexibility index (Phi) is 4.16. The van der Waals surface area contributed by atoms with Gasteiger partial charge in [-0.05, 0) is 23.8 Å². The number of phenolic OH excluding ortho intramolecular Hbond substituents is 2. The van der Waals surface area contributed by atoms with E-state index in [-0.39, 0.29) is 24.8 Å². The molecule has 0 saturated heterocycles. The summed E-state index contributed by atoms with van der Waals surface area (Å²) >= 11 is 0. The zero-order valence-corrected chi connectivity index (χ0v) is 9.09. The Morgan fingerprint density at radius 2 is 1.59 bits per heavy atom. The average Bonchev–Trinajstić information content (AvgIpc) is 2.32. The van der Waals surface area contributed by atoms with Gasteiger partial charge in [-0.1, -0.05) is 44.7 Å². The van der Waals surface area contributed by atoms with Crippen molar-refractivity contribution < 1.29 is 10.2 Å². The minimum atomic E-state index is 0. The molecule has 0 amide bonds. The first-order valence-corrected chi connectivity index (χ1v) is 5.25. The summed E-state index contributed by atoms with van der Waals surface area (Å²) in [7, 11) is 0. The summed E-state index contributed by atoms with van der Waals surface area (Å²) in [4.78, 5) is 0. The van der Waals surface area contributed by atoms with Gasteiger partial charge in [-0.3, -0.25) is 0 Å². The van der Waals surface area contributed by atoms with E-state index in [1.54, 1.807) is 6.07 Å². The molecule has 0 fully saturated rings. The third kappa shape index (κ3) is 2.78. The minimum absolute atomic E-state index is 0. The topological polar surface area (TPSA) is 40.5 Å². The highest BCUT2D eigenvalue weighted by Crippen LogP contribution is 2.33. The van der Waals surface area contributed by atoms with Crippen LogP contribution in [0, 0.1) is 0 Å². The second-order valence-electron chi connectivity index (χ2n) is 3.88. The van der Waals surface area contributed by atoms with Gasteiger partial charge in [0, 0.05) is 11.5 Å². The zero-order valence-electron chi connectivity index (χ0n) is 9.09. The second kappa shape index (κ2) is 5.39. The van der Waals surface area contributed by atoms with Crippen molar-refractivity contribution in [1.82, 2.24) is 0 Å². The molecular weight excluding hydrogens is 212 g/mol. The van der Waals surface area contributed by atoms with Crippen LogP contribution < -0.4 is 0 Å². The molecule has 0 aliphatic rings. The van der Waals surface area contributed by atoms with E-state index in [0.29, 0.717) is 0 Å². The van der Waals surface area contributed by atoms with Gasteiger partial charge in [0.05, 0.1) is 0 Å². The molecule has 0 heterocycles. The van der Waals surface area contributed by atoms with Gasteiger partial charge in [-0.2, -0.15) is 0 Å². The molecule has 2 N–H and O–H groups in total. The van der Waals surface area contributed by atoms with E-state index in [4.69, 9.17) is 0 Å². The maximum absolute atomic E-state index is 9.76. The Balaban J connectivity index is 0.00000144. The van der Waals surface area contributed by atoms with Crippen LogP contribution in [0.3, 0.4) is 0 Å². The molecule has 0 aromatic heterocycles. The van der Waals surface area contributed by atoms with Crippen LogP contribution >= 0.6 is 0 Å². The number of hydrogen-bond acceptors (Lipinski definition) is 2. The maximum Gasteiger partial charge on any atom is 0.119 e. The summed E-state index contributed by atoms with van der Waals surface area (Å²) in [6.45, 7) is 2.00. The van der Waals surface area contributed by atoms with Crippen molar-refractivity contribution >= 4 is 0 Å². The summed E-state index contributed by atoms with van der Waals surface area (Å²) in [5, 5.41) is 19.2. The standard InChI is InChI=1S/C14H14O2.CH4/c1-10(11-5-3-2-4-6-11)13-9-12(15)7-8-14(13)16;/h2-10,15-16H,1H3;1H4. The number of rotatable bonds is 2. The smallest absolute Gasteiger partial charge is 0.119 e. The molecular formula is C15H18O2. The second-order valence-corrected chi connectivity index (χ2v) is 3.88. The summed E-state index contributed by atoms with van der Waals surface area (Å²) in [5.74, 6) is 0.457. The fraction of sp³-hybridized carbons (Fsp3) is 0.200. The predicted octanol–water partition coefficient (Wildman–Crippen LogP) is 3.89. The molecule has 2 aromatic rings. The van der Waals surface area contributed by atoms with Crippen LogP contribution in [0.15, 0.2) is 48.5 Å². The molecule has 90 valence electrons. The van der Waals surface area contributed by atoms with E-state index in [1.165, 1.54) is 12.1 Å². The van der Waals surface area contributed by atoms with Gasteiger partial charge in [0.15, 0.2) is 0 Å². The first-order chi connectivity index (χ1) is 7.68. The van der Waals surface area contributed by atoms with E-state index < -0.39 is 0 Å². The van der Waals surface area contributed by atoms with Crippen molar-refractivity contribution in [2.75, 3.05) is 0 Å². The first kappa shape index (κ1) is 13.1. The fourth-order valence-corrected chi connectivity index (χ4v) is 1.81. The van der Waals surface area contributed by atoms with Crippen molar-refractivity contribution in [2.45, 2.75) is 20.3 Å². The largest absolute Gasteiger partial charge is 0.508 e. The lowest BCUT2D eigenvalue weighted by molar-refractivity contribution is 0.452. The fourth-order valence-electron chi connectivity index (χ4n) is 1.81. The molecule has 2 aromatic carbocycles. The molecule has 2 rings (SSSR count). The summed E-state index contributed by atoms with van der Waals surface area (Å²) in [6.07, 6.45) is 0. The molecule has 0 aliphatic heterocycles. The highest BCUT2D eigenvalue weighted by atomic mass is 16.3. The number of hydrogen-bond donors (Lipinski definition) is 2. The molecule has 0 saturated carbocycles. The van der Waals surface area contributed by atoms with Gasteiger partial charge in [0.2, 0.25) is 0 Å². The van der Waals surface area contributed by atoms with Crippen molar-refractivity contribution in [1.29, 1.82) is 0 Å². The Labute approximate surface area is 102 Å². The highest BCUT2D eigenvalue weighted by molar-refractivity contribution is 5.44. The molecule has 0 aliphatic carbocycles. The molecule has 1 atom stereocenters. The van der Waals surface area contributed by atoms with Crippen molar-refractivity contribution in [3.8, 4) is 11.5 Å². The number of aromatic hydroxyl groups is 2. The molecule has 0 spiro atoms. The van der Waals surface area contributed by atoms with Gasteiger partial charge in [-0.15, -0.1) is 0 Å². The Bertz CT molecular complexity index is 478. The van der Waals surface area contributed by atoms with Gasteiger partial charge < -0.3 is 10.2 Å². The van der Waals surface area contributed by atoms with E-state index >= 15 is 0 Å². The van der Waals surface area contributed by atoms with Crippen LogP contribution in [0.5, 0.6) is 11.5 Å². The third-order valence-electron chi connectivity index (χ3n) is 2.78. The summed E-state index contributed by atoms with van der Waals surface area (Å²) in [6, 6.07) is 14.5. The predicted molar refractivity (Wildman–Crippen MR) is 70.5 cm³/mol. The monoisotopic (exact) mass is 230 g/mol. The van der Waals surface area contributed by atoms with E-state index in [9.17, 15) is 10.2 Å². The zero-order chi connectivity index (χ0) is 11.5. The van der Waals surface area contributed by atoms with Gasteiger partial charge >= 0.3 is 0 Å². The normalized spacial score (nSPS) is 11.6.